The number of furan rings is 1. The van der Waals surface area contributed by atoms with Gasteiger partial charge in [0.2, 0.25) is 11.9 Å². The molecule has 8 nitrogen and oxygen atoms in total. The molecule has 0 radical (unpaired) electrons. The fraction of sp³-hybridized carbons (Fsp3) is 0.571. The minimum absolute atomic E-state index is 0.0219. The molecular weight excluding hydrogens is 370 g/mol. The number of aromatic nitrogens is 2. The zero-order chi connectivity index (χ0) is 20.1. The lowest BCUT2D eigenvalue weighted by Crippen LogP contribution is -2.47. The second-order valence-corrected chi connectivity index (χ2v) is 7.69. The highest BCUT2D eigenvalue weighted by molar-refractivity contribution is 5.79. The van der Waals surface area contributed by atoms with E-state index < -0.39 is 0 Å². The van der Waals surface area contributed by atoms with E-state index in [0.29, 0.717) is 32.3 Å². The van der Waals surface area contributed by atoms with Crippen molar-refractivity contribution >= 4 is 11.9 Å². The minimum Gasteiger partial charge on any atom is -0.465 e. The van der Waals surface area contributed by atoms with Crippen LogP contribution in [0.1, 0.15) is 30.4 Å². The topological polar surface area (TPSA) is 83.7 Å². The van der Waals surface area contributed by atoms with Crippen molar-refractivity contribution in [2.45, 2.75) is 25.8 Å². The lowest BCUT2D eigenvalue weighted by Gasteiger charge is -2.35. The van der Waals surface area contributed by atoms with Gasteiger partial charge in [-0.1, -0.05) is 0 Å². The number of hydrogen-bond donors (Lipinski definition) is 1. The van der Waals surface area contributed by atoms with E-state index in [1.165, 1.54) is 0 Å². The van der Waals surface area contributed by atoms with Crippen LogP contribution in [0.2, 0.25) is 0 Å². The molecule has 4 heterocycles. The van der Waals surface area contributed by atoms with E-state index in [1.54, 1.807) is 18.5 Å². The Hall–Kier alpha value is -2.45. The lowest BCUT2D eigenvalue weighted by atomic mass is 9.97. The summed E-state index contributed by atoms with van der Waals surface area (Å²) < 4.78 is 11.4. The highest BCUT2D eigenvalue weighted by Crippen LogP contribution is 2.24. The normalized spacial score (nSPS) is 21.7. The molecule has 0 aromatic carbocycles. The third kappa shape index (κ3) is 4.94. The van der Waals surface area contributed by atoms with Crippen LogP contribution < -0.4 is 10.2 Å². The molecule has 2 aromatic rings. The average Bonchev–Trinajstić information content (AvgIpc) is 3.21. The lowest BCUT2D eigenvalue weighted by molar-refractivity contribution is -0.125. The summed E-state index contributed by atoms with van der Waals surface area (Å²) in [5.41, 5.74) is 0. The molecule has 29 heavy (non-hydrogen) atoms. The van der Waals surface area contributed by atoms with Crippen LogP contribution in [0.4, 0.5) is 5.95 Å². The van der Waals surface area contributed by atoms with E-state index in [-0.39, 0.29) is 17.9 Å². The summed E-state index contributed by atoms with van der Waals surface area (Å²) in [6.07, 6.45) is 5.33. The fourth-order valence-electron chi connectivity index (χ4n) is 4.10. The van der Waals surface area contributed by atoms with Crippen LogP contribution in [0.15, 0.2) is 35.0 Å². The van der Waals surface area contributed by atoms with Crippen molar-refractivity contribution in [3.63, 3.8) is 0 Å². The second kappa shape index (κ2) is 9.37. The van der Waals surface area contributed by atoms with Crippen LogP contribution in [0.25, 0.3) is 0 Å². The van der Waals surface area contributed by atoms with E-state index >= 15 is 0 Å². The first kappa shape index (κ1) is 19.8. The number of ether oxygens (including phenoxy) is 1. The smallest absolute Gasteiger partial charge is 0.225 e. The number of aryl methyl sites for hydroxylation is 1. The van der Waals surface area contributed by atoms with Crippen molar-refractivity contribution in [2.75, 3.05) is 50.8 Å². The van der Waals surface area contributed by atoms with Gasteiger partial charge in [0.05, 0.1) is 25.2 Å². The van der Waals surface area contributed by atoms with Crippen molar-refractivity contribution in [2.24, 2.45) is 5.92 Å². The van der Waals surface area contributed by atoms with Gasteiger partial charge in [0, 0.05) is 45.1 Å². The maximum Gasteiger partial charge on any atom is 0.225 e. The molecule has 4 rings (SSSR count). The first-order valence-corrected chi connectivity index (χ1v) is 10.4. The van der Waals surface area contributed by atoms with Gasteiger partial charge >= 0.3 is 0 Å². The molecule has 1 amide bonds. The third-order valence-corrected chi connectivity index (χ3v) is 5.67. The maximum absolute atomic E-state index is 12.9. The number of nitrogens with zero attached hydrogens (tertiary/aromatic N) is 4. The molecule has 2 atom stereocenters. The molecule has 0 spiro atoms. The summed E-state index contributed by atoms with van der Waals surface area (Å²) in [5, 5.41) is 3.18. The average molecular weight is 399 g/mol. The number of carbonyl (C=O) groups is 1. The summed E-state index contributed by atoms with van der Waals surface area (Å²) in [6, 6.07) is 5.81. The molecule has 2 saturated heterocycles. The van der Waals surface area contributed by atoms with Crippen molar-refractivity contribution in [1.29, 1.82) is 0 Å². The first-order chi connectivity index (χ1) is 14.2. The van der Waals surface area contributed by atoms with Crippen LogP contribution in [0, 0.1) is 12.8 Å². The summed E-state index contributed by atoms with van der Waals surface area (Å²) in [6.45, 7) is 7.10. The molecule has 2 aliphatic rings. The Bertz CT molecular complexity index is 791. The number of nitrogens with one attached hydrogen (secondary N) is 1. The number of amides is 1. The van der Waals surface area contributed by atoms with Crippen LogP contribution in [-0.2, 0) is 9.53 Å². The Kier molecular flexibility index (Phi) is 6.41. The van der Waals surface area contributed by atoms with E-state index in [2.05, 4.69) is 25.1 Å². The van der Waals surface area contributed by atoms with Gasteiger partial charge in [-0.25, -0.2) is 9.97 Å². The minimum atomic E-state index is -0.0590. The van der Waals surface area contributed by atoms with Gasteiger partial charge in [0.15, 0.2) is 0 Å². The zero-order valence-corrected chi connectivity index (χ0v) is 16.9. The summed E-state index contributed by atoms with van der Waals surface area (Å²) in [4.78, 5) is 26.0. The Balaban J connectivity index is 1.38. The van der Waals surface area contributed by atoms with Gasteiger partial charge in [0.25, 0.3) is 0 Å². The van der Waals surface area contributed by atoms with Crippen LogP contribution in [0.5, 0.6) is 0 Å². The number of carbonyl (C=O) groups excluding carboxylic acids is 1. The predicted octanol–water partition coefficient (Wildman–Crippen LogP) is 1.78. The van der Waals surface area contributed by atoms with Crippen LogP contribution in [-0.4, -0.2) is 66.7 Å². The quantitative estimate of drug-likeness (QED) is 0.793. The van der Waals surface area contributed by atoms with Gasteiger partial charge in [-0.15, -0.1) is 0 Å². The first-order valence-electron chi connectivity index (χ1n) is 10.4. The van der Waals surface area contributed by atoms with E-state index in [9.17, 15) is 4.79 Å². The van der Waals surface area contributed by atoms with Gasteiger partial charge in [0.1, 0.15) is 11.5 Å². The second-order valence-electron chi connectivity index (χ2n) is 7.69. The molecule has 2 unspecified atom stereocenters. The Labute approximate surface area is 171 Å². The standard InChI is InChI=1S/C21H29N5O3/c1-16-5-6-19(29-16)18(25-10-12-28-13-11-25)14-24-20(27)17-4-2-9-26(15-17)21-22-7-3-8-23-21/h3,5-8,17-18H,2,4,9-15H2,1H3,(H,24,27). The zero-order valence-electron chi connectivity index (χ0n) is 16.9. The Morgan fingerprint density at radius 1 is 1.24 bits per heavy atom. The molecular formula is C21H29N5O3. The number of anilines is 1. The molecule has 156 valence electrons. The molecule has 0 saturated carbocycles. The van der Waals surface area contributed by atoms with Crippen molar-refractivity contribution < 1.29 is 13.9 Å². The molecule has 0 aliphatic carbocycles. The Morgan fingerprint density at radius 2 is 2.03 bits per heavy atom. The summed E-state index contributed by atoms with van der Waals surface area (Å²) >= 11 is 0. The van der Waals surface area contributed by atoms with Crippen molar-refractivity contribution in [1.82, 2.24) is 20.2 Å². The fourth-order valence-corrected chi connectivity index (χ4v) is 4.10. The molecule has 1 N–H and O–H groups in total. The van der Waals surface area contributed by atoms with Crippen molar-refractivity contribution in [3.05, 3.63) is 42.1 Å². The van der Waals surface area contributed by atoms with Gasteiger partial charge in [-0.05, 0) is 38.0 Å². The molecule has 2 fully saturated rings. The van der Waals surface area contributed by atoms with E-state index in [0.717, 1.165) is 44.0 Å². The van der Waals surface area contributed by atoms with Gasteiger partial charge in [-0.3, -0.25) is 9.69 Å². The van der Waals surface area contributed by atoms with Crippen LogP contribution >= 0.6 is 0 Å². The van der Waals surface area contributed by atoms with Crippen LogP contribution in [0.3, 0.4) is 0 Å². The highest BCUT2D eigenvalue weighted by atomic mass is 16.5. The number of piperidine rings is 1. The predicted molar refractivity (Wildman–Crippen MR) is 109 cm³/mol. The SMILES string of the molecule is Cc1ccc(C(CNC(=O)C2CCCN(c3ncccn3)C2)N2CCOCC2)o1. The number of hydrogen-bond acceptors (Lipinski definition) is 7. The summed E-state index contributed by atoms with van der Waals surface area (Å²) in [5.74, 6) is 2.51. The number of rotatable bonds is 6. The third-order valence-electron chi connectivity index (χ3n) is 5.67. The van der Waals surface area contributed by atoms with Crippen molar-refractivity contribution in [3.8, 4) is 0 Å². The molecule has 0 bridgehead atoms. The maximum atomic E-state index is 12.9. The number of morpholine rings is 1. The monoisotopic (exact) mass is 399 g/mol. The highest BCUT2D eigenvalue weighted by Gasteiger charge is 2.30. The Morgan fingerprint density at radius 3 is 2.76 bits per heavy atom. The van der Waals surface area contributed by atoms with Gasteiger partial charge in [-0.2, -0.15) is 0 Å². The van der Waals surface area contributed by atoms with E-state index in [1.807, 2.05) is 19.1 Å². The molecule has 8 heteroatoms. The van der Waals surface area contributed by atoms with Gasteiger partial charge < -0.3 is 19.4 Å². The molecule has 2 aliphatic heterocycles. The molecule has 2 aromatic heterocycles. The van der Waals surface area contributed by atoms with E-state index in [4.69, 9.17) is 9.15 Å². The largest absolute Gasteiger partial charge is 0.465 e. The summed E-state index contributed by atoms with van der Waals surface area (Å²) in [7, 11) is 0.